The number of halogens is 1. The summed E-state index contributed by atoms with van der Waals surface area (Å²) in [7, 11) is 0. The highest BCUT2D eigenvalue weighted by Crippen LogP contribution is 2.24. The molecule has 0 unspecified atom stereocenters. The summed E-state index contributed by atoms with van der Waals surface area (Å²) in [4.78, 5) is 24.6. The zero-order valence-corrected chi connectivity index (χ0v) is 13.6. The number of aryl methyl sites for hydroxylation is 1. The molecule has 2 N–H and O–H groups in total. The number of amides is 1. The summed E-state index contributed by atoms with van der Waals surface area (Å²) < 4.78 is 0. The predicted molar refractivity (Wildman–Crippen MR) is 93.7 cm³/mol. The Labute approximate surface area is 143 Å². The second-order valence-electron chi connectivity index (χ2n) is 5.09. The second-order valence-corrected chi connectivity index (χ2v) is 5.48. The second kappa shape index (κ2) is 7.06. The molecule has 1 amide bonds. The van der Waals surface area contributed by atoms with Crippen molar-refractivity contribution in [2.45, 2.75) is 6.92 Å². The fourth-order valence-electron chi connectivity index (χ4n) is 1.99. The zero-order valence-electron chi connectivity index (χ0n) is 12.8. The number of carbonyl (C=O) groups excluding carboxylic acids is 1. The van der Waals surface area contributed by atoms with E-state index in [1.807, 2.05) is 19.1 Å². The van der Waals surface area contributed by atoms with Crippen LogP contribution in [0.5, 0.6) is 0 Å². The maximum Gasteiger partial charge on any atom is 0.257 e. The Morgan fingerprint density at radius 3 is 2.58 bits per heavy atom. The highest BCUT2D eigenvalue weighted by Gasteiger charge is 2.10. The van der Waals surface area contributed by atoms with E-state index in [0.29, 0.717) is 27.9 Å². The zero-order chi connectivity index (χ0) is 16.9. The average Bonchev–Trinajstić information content (AvgIpc) is 2.59. The molecule has 0 aliphatic heterocycles. The molecule has 7 heteroatoms. The number of pyridine rings is 3. The Hall–Kier alpha value is -2.99. The SMILES string of the molecule is Cc1ccc(Nc2cnccc2NC(=O)c2ccc(Cl)nc2)nc1. The lowest BCUT2D eigenvalue weighted by Crippen LogP contribution is -2.13. The lowest BCUT2D eigenvalue weighted by Gasteiger charge is -2.12. The van der Waals surface area contributed by atoms with Crippen LogP contribution in [0.3, 0.4) is 0 Å². The first-order chi connectivity index (χ1) is 11.6. The average molecular weight is 340 g/mol. The molecule has 3 rings (SSSR count). The third-order valence-electron chi connectivity index (χ3n) is 3.23. The van der Waals surface area contributed by atoms with Gasteiger partial charge in [0.2, 0.25) is 0 Å². The largest absolute Gasteiger partial charge is 0.337 e. The molecule has 0 aromatic carbocycles. The van der Waals surface area contributed by atoms with Gasteiger partial charge < -0.3 is 10.6 Å². The van der Waals surface area contributed by atoms with E-state index < -0.39 is 0 Å². The van der Waals surface area contributed by atoms with Crippen LogP contribution in [0, 0.1) is 6.92 Å². The van der Waals surface area contributed by atoms with Crippen LogP contribution in [0.15, 0.2) is 55.1 Å². The fourth-order valence-corrected chi connectivity index (χ4v) is 2.10. The highest BCUT2D eigenvalue weighted by atomic mass is 35.5. The van der Waals surface area contributed by atoms with Gasteiger partial charge in [0.25, 0.3) is 5.91 Å². The van der Waals surface area contributed by atoms with Crippen LogP contribution in [-0.2, 0) is 0 Å². The molecule has 0 aliphatic carbocycles. The minimum absolute atomic E-state index is 0.287. The van der Waals surface area contributed by atoms with E-state index in [-0.39, 0.29) is 5.91 Å². The first-order valence-electron chi connectivity index (χ1n) is 7.18. The summed E-state index contributed by atoms with van der Waals surface area (Å²) in [5.41, 5.74) is 2.71. The van der Waals surface area contributed by atoms with E-state index in [0.717, 1.165) is 5.56 Å². The van der Waals surface area contributed by atoms with Crippen LogP contribution in [0.4, 0.5) is 17.2 Å². The Morgan fingerprint density at radius 1 is 1.00 bits per heavy atom. The molecule has 6 nitrogen and oxygen atoms in total. The molecule has 0 radical (unpaired) electrons. The Kier molecular flexibility index (Phi) is 4.67. The third-order valence-corrected chi connectivity index (χ3v) is 3.46. The van der Waals surface area contributed by atoms with Gasteiger partial charge in [-0.1, -0.05) is 17.7 Å². The summed E-state index contributed by atoms with van der Waals surface area (Å²) in [5.74, 6) is 0.377. The molecule has 0 saturated heterocycles. The summed E-state index contributed by atoms with van der Waals surface area (Å²) in [6.07, 6.45) is 6.41. The van der Waals surface area contributed by atoms with Crippen molar-refractivity contribution in [1.82, 2.24) is 15.0 Å². The quantitative estimate of drug-likeness (QED) is 0.706. The van der Waals surface area contributed by atoms with Gasteiger partial charge in [0.1, 0.15) is 11.0 Å². The van der Waals surface area contributed by atoms with Gasteiger partial charge in [-0.2, -0.15) is 0 Å². The molecule has 0 atom stereocenters. The van der Waals surface area contributed by atoms with Crippen LogP contribution in [0.1, 0.15) is 15.9 Å². The monoisotopic (exact) mass is 339 g/mol. The van der Waals surface area contributed by atoms with Crippen molar-refractivity contribution in [3.05, 3.63) is 71.4 Å². The maximum atomic E-state index is 12.3. The minimum Gasteiger partial charge on any atom is -0.337 e. The van der Waals surface area contributed by atoms with Crippen LogP contribution < -0.4 is 10.6 Å². The predicted octanol–water partition coefficient (Wildman–Crippen LogP) is 3.83. The fraction of sp³-hybridized carbons (Fsp3) is 0.0588. The topological polar surface area (TPSA) is 79.8 Å². The van der Waals surface area contributed by atoms with Gasteiger partial charge in [0, 0.05) is 18.6 Å². The Bertz CT molecular complexity index is 850. The molecule has 3 aromatic heterocycles. The van der Waals surface area contributed by atoms with Gasteiger partial charge in [-0.05, 0) is 36.8 Å². The van der Waals surface area contributed by atoms with E-state index in [1.54, 1.807) is 36.8 Å². The molecule has 0 saturated carbocycles. The van der Waals surface area contributed by atoms with Crippen LogP contribution in [0.25, 0.3) is 0 Å². The molecule has 24 heavy (non-hydrogen) atoms. The molecule has 3 heterocycles. The smallest absolute Gasteiger partial charge is 0.257 e. The highest BCUT2D eigenvalue weighted by molar-refractivity contribution is 6.29. The van der Waals surface area contributed by atoms with Crippen LogP contribution in [-0.4, -0.2) is 20.9 Å². The number of aromatic nitrogens is 3. The molecule has 0 fully saturated rings. The summed E-state index contributed by atoms with van der Waals surface area (Å²) in [6.45, 7) is 1.96. The van der Waals surface area contributed by atoms with E-state index in [9.17, 15) is 4.79 Å². The first-order valence-corrected chi connectivity index (χ1v) is 7.56. The normalized spacial score (nSPS) is 10.2. The number of nitrogens with zero attached hydrogens (tertiary/aromatic N) is 3. The van der Waals surface area contributed by atoms with Gasteiger partial charge in [-0.15, -0.1) is 0 Å². The summed E-state index contributed by atoms with van der Waals surface area (Å²) >= 11 is 5.74. The lowest BCUT2D eigenvalue weighted by molar-refractivity contribution is 0.102. The lowest BCUT2D eigenvalue weighted by atomic mass is 10.2. The molecular formula is C17H14ClN5O. The molecule has 0 aliphatic rings. The number of nitrogens with one attached hydrogen (secondary N) is 2. The standard InChI is InChI=1S/C17H14ClN5O/c1-11-2-5-16(21-8-11)22-14-10-19-7-6-13(14)23-17(24)12-3-4-15(18)20-9-12/h2-10H,1H3,(H,21,22)(H,19,23,24). The Balaban J connectivity index is 1.79. The number of anilines is 3. The first kappa shape index (κ1) is 15.9. The van der Waals surface area contributed by atoms with E-state index in [1.165, 1.54) is 6.20 Å². The van der Waals surface area contributed by atoms with Crippen molar-refractivity contribution >= 4 is 34.7 Å². The van der Waals surface area contributed by atoms with Gasteiger partial charge in [0.05, 0.1) is 23.1 Å². The summed E-state index contributed by atoms with van der Waals surface area (Å²) in [6, 6.07) is 8.69. The third kappa shape index (κ3) is 3.85. The van der Waals surface area contributed by atoms with Crippen molar-refractivity contribution in [2.75, 3.05) is 10.6 Å². The maximum absolute atomic E-state index is 12.3. The van der Waals surface area contributed by atoms with Crippen LogP contribution >= 0.6 is 11.6 Å². The van der Waals surface area contributed by atoms with E-state index in [4.69, 9.17) is 11.6 Å². The van der Waals surface area contributed by atoms with E-state index in [2.05, 4.69) is 25.6 Å². The van der Waals surface area contributed by atoms with E-state index >= 15 is 0 Å². The summed E-state index contributed by atoms with van der Waals surface area (Å²) in [5, 5.41) is 6.30. The Morgan fingerprint density at radius 2 is 1.88 bits per heavy atom. The van der Waals surface area contributed by atoms with Crippen molar-refractivity contribution in [2.24, 2.45) is 0 Å². The van der Waals surface area contributed by atoms with Crippen molar-refractivity contribution < 1.29 is 4.79 Å². The van der Waals surface area contributed by atoms with Gasteiger partial charge >= 0.3 is 0 Å². The number of hydrogen-bond acceptors (Lipinski definition) is 5. The molecule has 0 bridgehead atoms. The number of carbonyl (C=O) groups is 1. The molecule has 3 aromatic rings. The number of rotatable bonds is 4. The van der Waals surface area contributed by atoms with Crippen molar-refractivity contribution in [3.8, 4) is 0 Å². The van der Waals surface area contributed by atoms with Crippen molar-refractivity contribution in [1.29, 1.82) is 0 Å². The number of hydrogen-bond donors (Lipinski definition) is 2. The molecular weight excluding hydrogens is 326 g/mol. The molecule has 120 valence electrons. The van der Waals surface area contributed by atoms with Crippen LogP contribution in [0.2, 0.25) is 5.15 Å². The minimum atomic E-state index is -0.287. The van der Waals surface area contributed by atoms with Gasteiger partial charge in [-0.25, -0.2) is 9.97 Å². The van der Waals surface area contributed by atoms with Gasteiger partial charge in [-0.3, -0.25) is 9.78 Å². The van der Waals surface area contributed by atoms with Gasteiger partial charge in [0.15, 0.2) is 0 Å². The van der Waals surface area contributed by atoms with Crippen molar-refractivity contribution in [3.63, 3.8) is 0 Å². The molecule has 0 spiro atoms.